The number of amides is 1. The molecule has 2 aliphatic heterocycles. The molecule has 2 aromatic heterocycles. The van der Waals surface area contributed by atoms with Gasteiger partial charge < -0.3 is 24.5 Å². The number of aliphatic carboxylic acids is 1. The molecule has 290 valence electrons. The molecule has 2 saturated heterocycles. The number of hydrogen-bond acceptors (Lipinski definition) is 7. The first-order chi connectivity index (χ1) is 25.8. The molecule has 4 heterocycles. The molecule has 2 N–H and O–H groups in total. The van der Waals surface area contributed by atoms with Crippen LogP contribution in [-0.4, -0.2) is 86.3 Å². The summed E-state index contributed by atoms with van der Waals surface area (Å²) in [5.74, 6) is -4.95. The Kier molecular flexibility index (Phi) is 8.71. The summed E-state index contributed by atoms with van der Waals surface area (Å²) in [6.07, 6.45) is 2.26. The fourth-order valence-corrected chi connectivity index (χ4v) is 10.8. The minimum absolute atomic E-state index is 0.114. The van der Waals surface area contributed by atoms with Crippen molar-refractivity contribution in [1.82, 2.24) is 24.8 Å². The molecular formula is C39H44F5N5O5. The Bertz CT molecular complexity index is 1930. The van der Waals surface area contributed by atoms with E-state index in [2.05, 4.69) is 20.2 Å². The van der Waals surface area contributed by atoms with Gasteiger partial charge in [0.2, 0.25) is 5.92 Å². The number of nitrogens with zero attached hydrogens (tertiary/aromatic N) is 4. The summed E-state index contributed by atoms with van der Waals surface area (Å²) in [6.45, 7) is 3.03. The summed E-state index contributed by atoms with van der Waals surface area (Å²) < 4.78 is 86.6. The van der Waals surface area contributed by atoms with Crippen LogP contribution in [0.2, 0.25) is 0 Å². The van der Waals surface area contributed by atoms with Gasteiger partial charge in [0, 0.05) is 54.3 Å². The van der Waals surface area contributed by atoms with Crippen molar-refractivity contribution in [1.29, 1.82) is 0 Å². The number of fused-ring (bicyclic) bond motifs is 1. The second kappa shape index (κ2) is 13.1. The van der Waals surface area contributed by atoms with E-state index in [0.29, 0.717) is 80.0 Å². The summed E-state index contributed by atoms with van der Waals surface area (Å²) in [7, 11) is 0. The van der Waals surface area contributed by atoms with Crippen LogP contribution in [0, 0.1) is 23.7 Å². The molecule has 0 radical (unpaired) electrons. The SMILES string of the molecule is O=C(NC1(C(=O)O)C2CC3CC(C2)CC1C3)c1cnc(-c2cn(C3CCC(F)(F)CC3)c3ccc(OC4CCCN(C5COC5)C4)cc23)nc1C(F)(F)F. The number of hydrogen-bond donors (Lipinski definition) is 2. The quantitative estimate of drug-likeness (QED) is 0.234. The van der Waals surface area contributed by atoms with E-state index in [0.717, 1.165) is 32.0 Å². The number of rotatable bonds is 8. The van der Waals surface area contributed by atoms with Crippen LogP contribution in [0.15, 0.2) is 30.6 Å². The van der Waals surface area contributed by atoms with Crippen LogP contribution in [0.1, 0.15) is 92.7 Å². The highest BCUT2D eigenvalue weighted by molar-refractivity contribution is 6.00. The summed E-state index contributed by atoms with van der Waals surface area (Å²) >= 11 is 0. The average molecular weight is 758 g/mol. The Labute approximate surface area is 308 Å². The molecule has 10 nitrogen and oxygen atoms in total. The van der Waals surface area contributed by atoms with Crippen LogP contribution in [0.25, 0.3) is 22.3 Å². The summed E-state index contributed by atoms with van der Waals surface area (Å²) in [4.78, 5) is 37.3. The molecule has 1 unspecified atom stereocenters. The maximum atomic E-state index is 14.9. The number of carboxylic acid groups (broad SMARTS) is 1. The zero-order valence-electron chi connectivity index (χ0n) is 29.8. The third-order valence-electron chi connectivity index (χ3n) is 13.4. The smallest absolute Gasteiger partial charge is 0.434 e. The Hall–Kier alpha value is -3.85. The zero-order valence-corrected chi connectivity index (χ0v) is 29.8. The molecule has 0 spiro atoms. The second-order valence-electron chi connectivity index (χ2n) is 16.7. The third kappa shape index (κ3) is 6.22. The normalized spacial score (nSPS) is 31.4. The van der Waals surface area contributed by atoms with Crippen LogP contribution in [0.5, 0.6) is 5.75 Å². The number of halogens is 5. The van der Waals surface area contributed by atoms with Crippen molar-refractivity contribution in [2.24, 2.45) is 23.7 Å². The highest BCUT2D eigenvalue weighted by Crippen LogP contribution is 2.58. The molecule has 15 heteroatoms. The average Bonchev–Trinajstić information content (AvgIpc) is 3.47. The van der Waals surface area contributed by atoms with Gasteiger partial charge in [-0.1, -0.05) is 0 Å². The molecular weight excluding hydrogens is 713 g/mol. The Balaban J connectivity index is 1.07. The number of carbonyl (C=O) groups excluding carboxylic acids is 1. The summed E-state index contributed by atoms with van der Waals surface area (Å²) in [6, 6.07) is 5.36. The van der Waals surface area contributed by atoms with Crippen molar-refractivity contribution in [3.63, 3.8) is 0 Å². The minimum Gasteiger partial charge on any atom is -0.489 e. The lowest BCUT2D eigenvalue weighted by atomic mass is 9.48. The monoisotopic (exact) mass is 757 g/mol. The van der Waals surface area contributed by atoms with Gasteiger partial charge in [0.15, 0.2) is 11.5 Å². The van der Waals surface area contributed by atoms with Crippen LogP contribution in [0.3, 0.4) is 0 Å². The van der Waals surface area contributed by atoms with Crippen molar-refractivity contribution >= 4 is 22.8 Å². The predicted octanol–water partition coefficient (Wildman–Crippen LogP) is 7.12. The van der Waals surface area contributed by atoms with E-state index >= 15 is 0 Å². The fourth-order valence-electron chi connectivity index (χ4n) is 10.8. The van der Waals surface area contributed by atoms with Gasteiger partial charge in [0.1, 0.15) is 17.4 Å². The molecule has 7 fully saturated rings. The van der Waals surface area contributed by atoms with Crippen molar-refractivity contribution in [2.45, 2.75) is 106 Å². The standard InChI is InChI=1S/C39H44F5N5O5/c40-37(41)7-5-25(6-8-37)49-18-31(29-15-27(3-4-32(29)49)54-28-2-1-9-48(17-28)26-19-53-20-26)34-45-16-30(33(46-34)39(42,43)44)35(50)47-38(36(51)52)23-11-21-10-22(13-23)14-24(38)12-21/h3-4,15-16,18,21-26,28H,1-2,5-14,17,19-20H2,(H,47,50)(H,51,52). The van der Waals surface area contributed by atoms with Crippen molar-refractivity contribution in [3.8, 4) is 17.1 Å². The van der Waals surface area contributed by atoms with Gasteiger partial charge in [-0.15, -0.1) is 0 Å². The number of benzene rings is 1. The number of nitrogens with one attached hydrogen (secondary N) is 1. The van der Waals surface area contributed by atoms with E-state index < -0.39 is 40.8 Å². The number of carboxylic acids is 1. The molecule has 5 aliphatic carbocycles. The van der Waals surface area contributed by atoms with Gasteiger partial charge in [-0.3, -0.25) is 9.69 Å². The zero-order chi connectivity index (χ0) is 37.6. The maximum Gasteiger partial charge on any atom is 0.434 e. The molecule has 1 aromatic carbocycles. The second-order valence-corrected chi connectivity index (χ2v) is 16.7. The van der Waals surface area contributed by atoms with E-state index in [9.17, 15) is 36.6 Å². The number of aromatic nitrogens is 3. The van der Waals surface area contributed by atoms with E-state index in [1.54, 1.807) is 24.4 Å². The highest BCUT2D eigenvalue weighted by Gasteiger charge is 2.62. The first-order valence-electron chi connectivity index (χ1n) is 19.3. The van der Waals surface area contributed by atoms with E-state index in [1.807, 2.05) is 4.57 Å². The molecule has 7 aliphatic rings. The highest BCUT2D eigenvalue weighted by atomic mass is 19.4. The van der Waals surface area contributed by atoms with Crippen molar-refractivity contribution in [3.05, 3.63) is 41.9 Å². The maximum absolute atomic E-state index is 14.9. The molecule has 4 bridgehead atoms. The minimum atomic E-state index is -5.08. The third-order valence-corrected chi connectivity index (χ3v) is 13.4. The Morgan fingerprint density at radius 3 is 2.31 bits per heavy atom. The van der Waals surface area contributed by atoms with Crippen LogP contribution < -0.4 is 10.1 Å². The van der Waals surface area contributed by atoms with Crippen LogP contribution in [0.4, 0.5) is 22.0 Å². The first-order valence-corrected chi connectivity index (χ1v) is 19.3. The first kappa shape index (κ1) is 35.8. The number of alkyl halides is 5. The van der Waals surface area contributed by atoms with Gasteiger partial charge in [-0.2, -0.15) is 13.2 Å². The number of likely N-dealkylation sites (tertiary alicyclic amines) is 1. The summed E-state index contributed by atoms with van der Waals surface area (Å²) in [5.41, 5.74) is -3.11. The van der Waals surface area contributed by atoms with E-state index in [1.165, 1.54) is 0 Å². The molecule has 5 saturated carbocycles. The van der Waals surface area contributed by atoms with Crippen molar-refractivity contribution in [2.75, 3.05) is 26.3 Å². The lowest BCUT2D eigenvalue weighted by Gasteiger charge is -2.59. The number of ether oxygens (including phenoxy) is 2. The molecule has 1 atom stereocenters. The predicted molar refractivity (Wildman–Crippen MR) is 185 cm³/mol. The van der Waals surface area contributed by atoms with Gasteiger partial charge in [0.05, 0.1) is 24.8 Å². The van der Waals surface area contributed by atoms with E-state index in [-0.39, 0.29) is 61.1 Å². The van der Waals surface area contributed by atoms with Gasteiger partial charge >= 0.3 is 12.1 Å². The Morgan fingerprint density at radius 2 is 1.69 bits per heavy atom. The number of piperidine rings is 1. The van der Waals surface area contributed by atoms with E-state index in [4.69, 9.17) is 9.47 Å². The lowest BCUT2D eigenvalue weighted by Crippen LogP contribution is -2.70. The van der Waals surface area contributed by atoms with Crippen LogP contribution >= 0.6 is 0 Å². The Morgan fingerprint density at radius 1 is 0.981 bits per heavy atom. The van der Waals surface area contributed by atoms with Gasteiger partial charge in [-0.05, 0) is 106 Å². The van der Waals surface area contributed by atoms with Crippen molar-refractivity contribution < 1.29 is 46.1 Å². The molecule has 3 aromatic rings. The lowest BCUT2D eigenvalue weighted by molar-refractivity contribution is -0.163. The topological polar surface area (TPSA) is 119 Å². The largest absolute Gasteiger partial charge is 0.489 e. The molecule has 10 rings (SSSR count). The van der Waals surface area contributed by atoms with Gasteiger partial charge in [0.25, 0.3) is 5.91 Å². The summed E-state index contributed by atoms with van der Waals surface area (Å²) in [5, 5.41) is 13.6. The molecule has 1 amide bonds. The molecule has 54 heavy (non-hydrogen) atoms. The van der Waals surface area contributed by atoms with Gasteiger partial charge in [-0.25, -0.2) is 23.5 Å². The number of carbonyl (C=O) groups is 2. The fraction of sp³-hybridized carbons (Fsp3) is 0.641. The van der Waals surface area contributed by atoms with Crippen LogP contribution in [-0.2, 0) is 15.7 Å².